The Labute approximate surface area is 193 Å². The van der Waals surface area contributed by atoms with Gasteiger partial charge in [0.25, 0.3) is 0 Å². The highest BCUT2D eigenvalue weighted by Crippen LogP contribution is 2.55. The number of rotatable bonds is 9. The minimum atomic E-state index is -4.13. The van der Waals surface area contributed by atoms with E-state index in [1.165, 1.54) is 0 Å². The van der Waals surface area contributed by atoms with E-state index in [0.29, 0.717) is 0 Å². The van der Waals surface area contributed by atoms with Gasteiger partial charge in [-0.1, -0.05) is 30.3 Å². The van der Waals surface area contributed by atoms with E-state index in [2.05, 4.69) is 0 Å². The fourth-order valence-corrected chi connectivity index (χ4v) is 5.34. The van der Waals surface area contributed by atoms with Crippen LogP contribution in [0.15, 0.2) is 30.3 Å². The number of phosphoric acid groups is 1. The molecule has 3 aliphatic heterocycles. The monoisotopic (exact) mass is 483 g/mol. The van der Waals surface area contributed by atoms with Gasteiger partial charge < -0.3 is 23.7 Å². The predicted octanol–water partition coefficient (Wildman–Crippen LogP) is 3.65. The quantitative estimate of drug-likeness (QED) is 0.381. The number of fused-ring (bicyclic) bond motifs is 1. The van der Waals surface area contributed by atoms with Crippen LogP contribution in [0.25, 0.3) is 0 Å². The molecule has 10 nitrogen and oxygen atoms in total. The zero-order chi connectivity index (χ0) is 23.7. The van der Waals surface area contributed by atoms with E-state index in [0.717, 1.165) is 5.56 Å². The van der Waals surface area contributed by atoms with Crippen molar-refractivity contribution in [1.29, 1.82) is 5.26 Å². The van der Waals surface area contributed by atoms with Crippen LogP contribution in [0.5, 0.6) is 0 Å². The zero-order valence-corrected chi connectivity index (χ0v) is 20.1. The van der Waals surface area contributed by atoms with Gasteiger partial charge in [0.15, 0.2) is 17.9 Å². The van der Waals surface area contributed by atoms with Crippen molar-refractivity contribution < 1.29 is 41.8 Å². The summed E-state index contributed by atoms with van der Waals surface area (Å²) in [5.41, 5.74) is 0.790. The SMILES string of the molecule is CC1(C)O[C@H]2O[C@H]([C@H]3COC(C)(C)O3)[C@H](OP(=O)(OCCC#N)OCc3ccccc3)[C@H]2O1. The van der Waals surface area contributed by atoms with Gasteiger partial charge >= 0.3 is 7.82 Å². The summed E-state index contributed by atoms with van der Waals surface area (Å²) in [6.45, 7) is 7.25. The third-order valence-corrected chi connectivity index (χ3v) is 6.82. The van der Waals surface area contributed by atoms with E-state index in [1.54, 1.807) is 27.7 Å². The molecule has 1 aromatic carbocycles. The number of nitriles is 1. The van der Waals surface area contributed by atoms with E-state index in [9.17, 15) is 4.57 Å². The molecular formula is C22H30NO9P. The van der Waals surface area contributed by atoms with Crippen LogP contribution in [0.2, 0.25) is 0 Å². The summed E-state index contributed by atoms with van der Waals surface area (Å²) in [7, 11) is -4.13. The highest BCUT2D eigenvalue weighted by Gasteiger charge is 2.60. The molecule has 0 aromatic heterocycles. The van der Waals surface area contributed by atoms with E-state index >= 15 is 0 Å². The molecule has 0 aliphatic carbocycles. The second kappa shape index (κ2) is 9.70. The molecule has 0 spiro atoms. The normalized spacial score (nSPS) is 34.0. The number of hydrogen-bond donors (Lipinski definition) is 0. The lowest BCUT2D eigenvalue weighted by Gasteiger charge is -2.30. The van der Waals surface area contributed by atoms with Gasteiger partial charge in [-0.25, -0.2) is 4.57 Å². The third kappa shape index (κ3) is 6.01. The Morgan fingerprint density at radius 2 is 1.82 bits per heavy atom. The second-order valence-electron chi connectivity index (χ2n) is 8.95. The lowest BCUT2D eigenvalue weighted by atomic mass is 10.1. The Bertz CT molecular complexity index is 903. The van der Waals surface area contributed by atoms with Gasteiger partial charge in [0.2, 0.25) is 0 Å². The fraction of sp³-hybridized carbons (Fsp3) is 0.682. The molecule has 182 valence electrons. The summed E-state index contributed by atoms with van der Waals surface area (Å²) in [5.74, 6) is -1.71. The number of hydrogen-bond acceptors (Lipinski definition) is 10. The summed E-state index contributed by atoms with van der Waals surface area (Å²) in [5, 5.41) is 8.88. The van der Waals surface area contributed by atoms with Crippen LogP contribution in [0.3, 0.4) is 0 Å². The lowest BCUT2D eigenvalue weighted by molar-refractivity contribution is -0.231. The van der Waals surface area contributed by atoms with Crippen LogP contribution in [0, 0.1) is 11.3 Å². The largest absolute Gasteiger partial charge is 0.475 e. The molecule has 11 heteroatoms. The number of phosphoric ester groups is 1. The molecule has 4 rings (SSSR count). The molecule has 6 atom stereocenters. The molecule has 0 N–H and O–H groups in total. The van der Waals surface area contributed by atoms with Crippen molar-refractivity contribution >= 4 is 7.82 Å². The van der Waals surface area contributed by atoms with Gasteiger partial charge in [-0.15, -0.1) is 0 Å². The molecular weight excluding hydrogens is 453 g/mol. The molecule has 0 radical (unpaired) electrons. The first-order chi connectivity index (χ1) is 15.6. The first-order valence-corrected chi connectivity index (χ1v) is 12.4. The van der Waals surface area contributed by atoms with Gasteiger partial charge in [0.1, 0.15) is 24.4 Å². The first-order valence-electron chi connectivity index (χ1n) is 10.9. The Morgan fingerprint density at radius 1 is 1.06 bits per heavy atom. The molecule has 33 heavy (non-hydrogen) atoms. The van der Waals surface area contributed by atoms with Gasteiger partial charge in [0, 0.05) is 0 Å². The zero-order valence-electron chi connectivity index (χ0n) is 19.2. The number of benzene rings is 1. The van der Waals surface area contributed by atoms with E-state index in [-0.39, 0.29) is 26.2 Å². The standard InChI is InChI=1S/C22H30NO9P/c1-21(2)25-14-16(29-21)17-18(19-20(28-17)31-22(3,4)30-19)32-33(24,26-12-8-11-23)27-13-15-9-6-5-7-10-15/h5-7,9-10,16-20H,8,12-14H2,1-4H3/t16-,17-,18+,19-,20-,33?/m1/s1. The van der Waals surface area contributed by atoms with E-state index in [4.69, 9.17) is 42.5 Å². The summed E-state index contributed by atoms with van der Waals surface area (Å²) in [4.78, 5) is 0. The average Bonchev–Trinajstić information content (AvgIpc) is 3.37. The maximum atomic E-state index is 13.7. The molecule has 0 saturated carbocycles. The predicted molar refractivity (Wildman–Crippen MR) is 113 cm³/mol. The van der Waals surface area contributed by atoms with Crippen molar-refractivity contribution in [3.05, 3.63) is 35.9 Å². The number of ether oxygens (including phenoxy) is 5. The second-order valence-corrected chi connectivity index (χ2v) is 10.6. The summed E-state index contributed by atoms with van der Waals surface area (Å²) in [6, 6.07) is 11.2. The van der Waals surface area contributed by atoms with Crippen molar-refractivity contribution in [2.45, 2.75) is 83.0 Å². The van der Waals surface area contributed by atoms with Gasteiger partial charge in [-0.05, 0) is 33.3 Å². The maximum Gasteiger partial charge on any atom is 0.475 e. The fourth-order valence-electron chi connectivity index (χ4n) is 3.98. The molecule has 3 aliphatic rings. The maximum absolute atomic E-state index is 13.7. The average molecular weight is 483 g/mol. The first kappa shape index (κ1) is 24.7. The summed E-state index contributed by atoms with van der Waals surface area (Å²) in [6.07, 6.45) is -3.50. The Hall–Kier alpha value is -1.38. The van der Waals surface area contributed by atoms with E-state index < -0.39 is 50.1 Å². The van der Waals surface area contributed by atoms with Crippen LogP contribution in [-0.2, 0) is 48.4 Å². The highest BCUT2D eigenvalue weighted by molar-refractivity contribution is 7.48. The lowest BCUT2D eigenvalue weighted by Crippen LogP contribution is -2.44. The summed E-state index contributed by atoms with van der Waals surface area (Å²) >= 11 is 0. The minimum Gasteiger partial charge on any atom is -0.348 e. The van der Waals surface area contributed by atoms with Gasteiger partial charge in [-0.3, -0.25) is 13.6 Å². The smallest absolute Gasteiger partial charge is 0.348 e. The van der Waals surface area contributed by atoms with Crippen molar-refractivity contribution in [3.8, 4) is 6.07 Å². The molecule has 1 aromatic rings. The molecule has 3 heterocycles. The van der Waals surface area contributed by atoms with Crippen LogP contribution in [0.4, 0.5) is 0 Å². The van der Waals surface area contributed by atoms with Crippen LogP contribution < -0.4 is 0 Å². The molecule has 3 fully saturated rings. The van der Waals surface area contributed by atoms with E-state index in [1.807, 2.05) is 36.4 Å². The van der Waals surface area contributed by atoms with Crippen molar-refractivity contribution in [3.63, 3.8) is 0 Å². The Kier molecular flexibility index (Phi) is 7.27. The van der Waals surface area contributed by atoms with Crippen LogP contribution in [-0.4, -0.2) is 55.5 Å². The highest BCUT2D eigenvalue weighted by atomic mass is 31.2. The third-order valence-electron chi connectivity index (χ3n) is 5.37. The van der Waals surface area contributed by atoms with Gasteiger partial charge in [-0.2, -0.15) is 5.26 Å². The number of nitrogens with zero attached hydrogens (tertiary/aromatic N) is 1. The van der Waals surface area contributed by atoms with Gasteiger partial charge in [0.05, 0.1) is 32.3 Å². The van der Waals surface area contributed by atoms with Crippen LogP contribution >= 0.6 is 7.82 Å². The minimum absolute atomic E-state index is 0.00404. The van der Waals surface area contributed by atoms with Crippen molar-refractivity contribution in [1.82, 2.24) is 0 Å². The van der Waals surface area contributed by atoms with Crippen molar-refractivity contribution in [2.24, 2.45) is 0 Å². The molecule has 0 amide bonds. The Balaban J connectivity index is 1.54. The summed E-state index contributed by atoms with van der Waals surface area (Å²) < 4.78 is 60.4. The molecule has 1 unspecified atom stereocenters. The van der Waals surface area contributed by atoms with Crippen molar-refractivity contribution in [2.75, 3.05) is 13.2 Å². The topological polar surface area (TPSA) is 115 Å². The molecule has 0 bridgehead atoms. The Morgan fingerprint density at radius 3 is 2.48 bits per heavy atom. The molecule has 3 saturated heterocycles. The van der Waals surface area contributed by atoms with Crippen LogP contribution in [0.1, 0.15) is 39.7 Å².